The van der Waals surface area contributed by atoms with Crippen molar-refractivity contribution in [2.45, 2.75) is 31.6 Å². The van der Waals surface area contributed by atoms with E-state index in [9.17, 15) is 0 Å². The van der Waals surface area contributed by atoms with Crippen LogP contribution in [0.3, 0.4) is 0 Å². The van der Waals surface area contributed by atoms with Gasteiger partial charge in [-0.1, -0.05) is 19.8 Å². The predicted octanol–water partition coefficient (Wildman–Crippen LogP) is 5.74. The molecule has 0 saturated heterocycles. The van der Waals surface area contributed by atoms with E-state index in [4.69, 9.17) is 11.6 Å². The van der Waals surface area contributed by atoms with Gasteiger partial charge in [0.1, 0.15) is 0 Å². The van der Waals surface area contributed by atoms with Crippen LogP contribution in [0.1, 0.15) is 37.1 Å². The fraction of sp³-hybridized carbons (Fsp3) is 0.556. The number of rotatable bonds is 4. The highest BCUT2D eigenvalue weighted by Gasteiger charge is 2.13. The summed E-state index contributed by atoms with van der Waals surface area (Å²) >= 11 is 14.9. The first-order chi connectivity index (χ1) is 6.15. The van der Waals surface area contributed by atoms with Crippen molar-refractivity contribution in [1.29, 1.82) is 0 Å². The number of alkyl halides is 1. The zero-order chi connectivity index (χ0) is 9.84. The fourth-order valence-electron chi connectivity index (χ4n) is 1.11. The molecule has 74 valence electrons. The lowest BCUT2D eigenvalue weighted by Gasteiger charge is -2.06. The first-order valence-corrected chi connectivity index (χ1v) is 7.07. The number of halogens is 3. The largest absolute Gasteiger partial charge is 0.121 e. The molecular formula is C9H11Br2ClS. The van der Waals surface area contributed by atoms with Gasteiger partial charge in [0.2, 0.25) is 0 Å². The second-order valence-electron chi connectivity index (χ2n) is 2.89. The monoisotopic (exact) mass is 344 g/mol. The first-order valence-electron chi connectivity index (χ1n) is 4.24. The third-order valence-electron chi connectivity index (χ3n) is 1.83. The molecular weight excluding hydrogens is 335 g/mol. The topological polar surface area (TPSA) is 0 Å². The van der Waals surface area contributed by atoms with Crippen molar-refractivity contribution in [2.75, 3.05) is 0 Å². The third kappa shape index (κ3) is 3.54. The van der Waals surface area contributed by atoms with Crippen LogP contribution in [0, 0.1) is 0 Å². The lowest BCUT2D eigenvalue weighted by molar-refractivity contribution is 0.701. The summed E-state index contributed by atoms with van der Waals surface area (Å²) in [7, 11) is 0. The summed E-state index contributed by atoms with van der Waals surface area (Å²) in [6, 6.07) is 2.10. The van der Waals surface area contributed by atoms with Gasteiger partial charge in [0, 0.05) is 0 Å². The molecule has 1 aromatic heterocycles. The SMILES string of the molecule is CCCCC(Cl)c1cc(Br)sc1Br. The molecule has 1 heterocycles. The van der Waals surface area contributed by atoms with Crippen molar-refractivity contribution in [1.82, 2.24) is 0 Å². The van der Waals surface area contributed by atoms with Gasteiger partial charge in [0.15, 0.2) is 0 Å². The summed E-state index contributed by atoms with van der Waals surface area (Å²) in [5, 5.41) is 0.150. The minimum absolute atomic E-state index is 0.150. The Kier molecular flexibility index (Phi) is 5.31. The zero-order valence-electron chi connectivity index (χ0n) is 7.32. The second-order valence-corrected chi connectivity index (χ2v) is 7.17. The molecule has 1 unspecified atom stereocenters. The Hall–Kier alpha value is 0.950. The number of hydrogen-bond donors (Lipinski definition) is 0. The highest BCUT2D eigenvalue weighted by atomic mass is 79.9. The average Bonchev–Trinajstić information content (AvgIpc) is 2.41. The highest BCUT2D eigenvalue weighted by Crippen LogP contribution is 2.39. The molecule has 0 aliphatic heterocycles. The van der Waals surface area contributed by atoms with Crippen LogP contribution in [-0.4, -0.2) is 0 Å². The van der Waals surface area contributed by atoms with Crippen LogP contribution in [0.2, 0.25) is 0 Å². The van der Waals surface area contributed by atoms with E-state index >= 15 is 0 Å². The minimum Gasteiger partial charge on any atom is -0.121 e. The Bertz CT molecular complexity index is 273. The average molecular weight is 347 g/mol. The molecule has 4 heteroatoms. The van der Waals surface area contributed by atoms with Gasteiger partial charge in [-0.05, 0) is 49.9 Å². The van der Waals surface area contributed by atoms with Crippen molar-refractivity contribution in [3.8, 4) is 0 Å². The molecule has 0 fully saturated rings. The number of unbranched alkanes of at least 4 members (excludes halogenated alkanes) is 1. The Labute approximate surface area is 105 Å². The molecule has 0 aliphatic carbocycles. The molecule has 1 aromatic rings. The van der Waals surface area contributed by atoms with E-state index in [0.29, 0.717) is 0 Å². The van der Waals surface area contributed by atoms with Gasteiger partial charge in [-0.15, -0.1) is 22.9 Å². The van der Waals surface area contributed by atoms with Crippen molar-refractivity contribution >= 4 is 54.8 Å². The molecule has 0 nitrogen and oxygen atoms in total. The maximum atomic E-state index is 6.26. The van der Waals surface area contributed by atoms with Crippen molar-refractivity contribution in [3.05, 3.63) is 19.2 Å². The van der Waals surface area contributed by atoms with Crippen LogP contribution in [-0.2, 0) is 0 Å². The van der Waals surface area contributed by atoms with Gasteiger partial charge in [-0.3, -0.25) is 0 Å². The maximum absolute atomic E-state index is 6.26. The Morgan fingerprint density at radius 3 is 2.69 bits per heavy atom. The summed E-state index contributed by atoms with van der Waals surface area (Å²) in [4.78, 5) is 0. The molecule has 0 spiro atoms. The minimum atomic E-state index is 0.150. The van der Waals surface area contributed by atoms with E-state index in [0.717, 1.165) is 14.0 Å². The summed E-state index contributed by atoms with van der Waals surface area (Å²) in [6.45, 7) is 2.18. The van der Waals surface area contributed by atoms with Gasteiger partial charge in [0.05, 0.1) is 12.9 Å². The van der Waals surface area contributed by atoms with Gasteiger partial charge in [-0.2, -0.15) is 0 Å². The van der Waals surface area contributed by atoms with Gasteiger partial charge in [0.25, 0.3) is 0 Å². The summed E-state index contributed by atoms with van der Waals surface area (Å²) < 4.78 is 2.28. The van der Waals surface area contributed by atoms with E-state index in [2.05, 4.69) is 44.8 Å². The summed E-state index contributed by atoms with van der Waals surface area (Å²) in [5.41, 5.74) is 1.21. The van der Waals surface area contributed by atoms with Crippen LogP contribution in [0.15, 0.2) is 13.6 Å². The van der Waals surface area contributed by atoms with Crippen LogP contribution in [0.25, 0.3) is 0 Å². The highest BCUT2D eigenvalue weighted by molar-refractivity contribution is 9.12. The fourth-order valence-corrected chi connectivity index (χ4v) is 4.60. The molecule has 13 heavy (non-hydrogen) atoms. The summed E-state index contributed by atoms with van der Waals surface area (Å²) in [6.07, 6.45) is 3.44. The maximum Gasteiger partial charge on any atom is 0.0757 e. The Morgan fingerprint density at radius 1 is 1.54 bits per heavy atom. The molecule has 0 bridgehead atoms. The standard InChI is InChI=1S/C9H11Br2ClS/c1-2-3-4-7(12)6-5-8(10)13-9(6)11/h5,7H,2-4H2,1H3. The number of hydrogen-bond acceptors (Lipinski definition) is 1. The molecule has 0 N–H and O–H groups in total. The molecule has 0 radical (unpaired) electrons. The zero-order valence-corrected chi connectivity index (χ0v) is 12.1. The molecule has 1 atom stereocenters. The van der Waals surface area contributed by atoms with Crippen molar-refractivity contribution in [2.24, 2.45) is 0 Å². The predicted molar refractivity (Wildman–Crippen MR) is 67.8 cm³/mol. The second kappa shape index (κ2) is 5.74. The quantitative estimate of drug-likeness (QED) is 0.610. The van der Waals surface area contributed by atoms with E-state index in [-0.39, 0.29) is 5.38 Å². The van der Waals surface area contributed by atoms with Gasteiger partial charge >= 0.3 is 0 Å². The van der Waals surface area contributed by atoms with E-state index in [1.807, 2.05) is 0 Å². The van der Waals surface area contributed by atoms with Crippen LogP contribution >= 0.6 is 54.8 Å². The van der Waals surface area contributed by atoms with Crippen molar-refractivity contribution < 1.29 is 0 Å². The Morgan fingerprint density at radius 2 is 2.23 bits per heavy atom. The van der Waals surface area contributed by atoms with Crippen LogP contribution in [0.5, 0.6) is 0 Å². The van der Waals surface area contributed by atoms with Gasteiger partial charge in [-0.25, -0.2) is 0 Å². The van der Waals surface area contributed by atoms with E-state index < -0.39 is 0 Å². The first kappa shape index (κ1) is 12.0. The molecule has 0 aliphatic rings. The molecule has 0 saturated carbocycles. The van der Waals surface area contributed by atoms with Crippen LogP contribution < -0.4 is 0 Å². The molecule has 1 rings (SSSR count). The van der Waals surface area contributed by atoms with Gasteiger partial charge < -0.3 is 0 Å². The van der Waals surface area contributed by atoms with E-state index in [1.165, 1.54) is 18.4 Å². The van der Waals surface area contributed by atoms with E-state index in [1.54, 1.807) is 11.3 Å². The normalized spacial score (nSPS) is 13.2. The molecule has 0 amide bonds. The van der Waals surface area contributed by atoms with Crippen molar-refractivity contribution in [3.63, 3.8) is 0 Å². The lowest BCUT2D eigenvalue weighted by atomic mass is 10.1. The summed E-state index contributed by atoms with van der Waals surface area (Å²) in [5.74, 6) is 0. The molecule has 0 aromatic carbocycles. The lowest BCUT2D eigenvalue weighted by Crippen LogP contribution is -1.88. The number of thiophene rings is 1. The Balaban J connectivity index is 2.64. The third-order valence-corrected chi connectivity index (χ3v) is 4.67. The van der Waals surface area contributed by atoms with Crippen LogP contribution in [0.4, 0.5) is 0 Å². The smallest absolute Gasteiger partial charge is 0.0757 e.